The third kappa shape index (κ3) is 3.04. The normalized spacial score (nSPS) is 17.2. The van der Waals surface area contributed by atoms with Gasteiger partial charge in [0.25, 0.3) is 0 Å². The molecule has 1 aliphatic heterocycles. The molecule has 0 spiro atoms. The van der Waals surface area contributed by atoms with Crippen molar-refractivity contribution in [3.05, 3.63) is 48.1 Å². The maximum absolute atomic E-state index is 12.7. The Kier molecular flexibility index (Phi) is 4.05. The number of amides is 1. The lowest BCUT2D eigenvalue weighted by atomic mass is 10.0. The molecule has 8 heteroatoms. The molecule has 30 heavy (non-hydrogen) atoms. The monoisotopic (exact) mass is 402 g/mol. The van der Waals surface area contributed by atoms with Crippen LogP contribution in [-0.4, -0.2) is 43.5 Å². The second-order valence-electron chi connectivity index (χ2n) is 8.17. The van der Waals surface area contributed by atoms with Gasteiger partial charge in [-0.2, -0.15) is 4.98 Å². The number of nitrogens with one attached hydrogen (secondary N) is 1. The van der Waals surface area contributed by atoms with E-state index in [1.165, 1.54) is 0 Å². The van der Waals surface area contributed by atoms with Crippen LogP contribution in [0.2, 0.25) is 0 Å². The number of carbonyl (C=O) groups is 1. The van der Waals surface area contributed by atoms with Crippen LogP contribution in [0.15, 0.2) is 41.2 Å². The molecule has 2 aliphatic rings. The van der Waals surface area contributed by atoms with E-state index in [2.05, 4.69) is 20.6 Å². The minimum atomic E-state index is 0.00282. The Morgan fingerprint density at radius 2 is 2.00 bits per heavy atom. The number of aromatic nitrogens is 4. The average Bonchev–Trinajstić information content (AvgIpc) is 3.14. The van der Waals surface area contributed by atoms with Crippen molar-refractivity contribution in [1.82, 2.24) is 30.0 Å². The van der Waals surface area contributed by atoms with Crippen molar-refractivity contribution in [3.8, 4) is 11.5 Å². The molecular formula is C22H22N6O2. The zero-order valence-electron chi connectivity index (χ0n) is 16.5. The van der Waals surface area contributed by atoms with Crippen LogP contribution < -0.4 is 5.43 Å². The fourth-order valence-electron chi connectivity index (χ4n) is 4.25. The van der Waals surface area contributed by atoms with Crippen LogP contribution in [0.4, 0.5) is 0 Å². The molecule has 4 heterocycles. The van der Waals surface area contributed by atoms with Gasteiger partial charge in [-0.05, 0) is 43.4 Å². The number of hydrazine groups is 1. The van der Waals surface area contributed by atoms with Crippen LogP contribution in [-0.2, 0) is 11.2 Å². The van der Waals surface area contributed by atoms with Crippen LogP contribution in [0.1, 0.15) is 43.1 Å². The number of hydrogen-bond donors (Lipinski definition) is 1. The Labute approximate surface area is 172 Å². The molecule has 4 aromatic rings. The minimum Gasteiger partial charge on any atom is -0.339 e. The standard InChI is InChI=1S/C22H22N6O2/c29-19(25-27-9-3-4-10-27)12-15-11-18-20(21-24-22(30-26-21)14-7-8-14)23-13-28(18)17-6-2-1-5-16(15)17/h1-2,5-6,11,13-14H,3-4,7-10,12H2,(H,25,29). The highest BCUT2D eigenvalue weighted by Gasteiger charge is 2.30. The number of hydrogen-bond acceptors (Lipinski definition) is 6. The number of rotatable bonds is 5. The molecule has 3 aromatic heterocycles. The summed E-state index contributed by atoms with van der Waals surface area (Å²) in [6.45, 7) is 1.83. The summed E-state index contributed by atoms with van der Waals surface area (Å²) in [6.07, 6.45) is 6.55. The number of carbonyl (C=O) groups excluding carboxylic acids is 1. The summed E-state index contributed by atoms with van der Waals surface area (Å²) in [5.41, 5.74) is 6.55. The molecule has 1 saturated heterocycles. The van der Waals surface area contributed by atoms with E-state index in [1.54, 1.807) is 6.33 Å². The molecule has 6 rings (SSSR count). The fraction of sp³-hybridized carbons (Fsp3) is 0.364. The lowest BCUT2D eigenvalue weighted by Gasteiger charge is -2.17. The molecule has 152 valence electrons. The quantitative estimate of drug-likeness (QED) is 0.552. The van der Waals surface area contributed by atoms with E-state index in [0.717, 1.165) is 60.8 Å². The Morgan fingerprint density at radius 1 is 1.17 bits per heavy atom. The lowest BCUT2D eigenvalue weighted by Crippen LogP contribution is -2.40. The van der Waals surface area contributed by atoms with Gasteiger partial charge in [0, 0.05) is 24.4 Å². The van der Waals surface area contributed by atoms with Crippen LogP contribution in [0.3, 0.4) is 0 Å². The van der Waals surface area contributed by atoms with Crippen LogP contribution in [0, 0.1) is 0 Å². The van der Waals surface area contributed by atoms with Crippen molar-refractivity contribution in [2.45, 2.75) is 38.0 Å². The van der Waals surface area contributed by atoms with Crippen molar-refractivity contribution < 1.29 is 9.32 Å². The van der Waals surface area contributed by atoms with E-state index in [4.69, 9.17) is 4.52 Å². The Bertz CT molecular complexity index is 1250. The largest absolute Gasteiger partial charge is 0.339 e. The van der Waals surface area contributed by atoms with Gasteiger partial charge in [0.2, 0.25) is 17.6 Å². The molecule has 0 bridgehead atoms. The van der Waals surface area contributed by atoms with Crippen molar-refractivity contribution in [1.29, 1.82) is 0 Å². The van der Waals surface area contributed by atoms with Gasteiger partial charge >= 0.3 is 0 Å². The molecule has 1 aliphatic carbocycles. The van der Waals surface area contributed by atoms with E-state index in [9.17, 15) is 4.79 Å². The van der Waals surface area contributed by atoms with Crippen LogP contribution in [0.25, 0.3) is 27.9 Å². The van der Waals surface area contributed by atoms with Gasteiger partial charge < -0.3 is 4.52 Å². The summed E-state index contributed by atoms with van der Waals surface area (Å²) in [5, 5.41) is 7.21. The summed E-state index contributed by atoms with van der Waals surface area (Å²) < 4.78 is 7.47. The lowest BCUT2D eigenvalue weighted by molar-refractivity contribution is -0.124. The van der Waals surface area contributed by atoms with Crippen LogP contribution in [0.5, 0.6) is 0 Å². The van der Waals surface area contributed by atoms with E-state index in [0.29, 0.717) is 29.7 Å². The first-order chi connectivity index (χ1) is 14.8. The van der Waals surface area contributed by atoms with E-state index < -0.39 is 0 Å². The van der Waals surface area contributed by atoms with Crippen molar-refractivity contribution >= 4 is 22.3 Å². The van der Waals surface area contributed by atoms with Crippen molar-refractivity contribution in [3.63, 3.8) is 0 Å². The van der Waals surface area contributed by atoms with Gasteiger partial charge in [0.15, 0.2) is 0 Å². The Morgan fingerprint density at radius 3 is 2.83 bits per heavy atom. The predicted octanol–water partition coefficient (Wildman–Crippen LogP) is 3.08. The third-order valence-corrected chi connectivity index (χ3v) is 5.94. The number of imidazole rings is 1. The highest BCUT2D eigenvalue weighted by Crippen LogP contribution is 2.39. The number of pyridine rings is 1. The van der Waals surface area contributed by atoms with Gasteiger partial charge in [-0.1, -0.05) is 23.4 Å². The highest BCUT2D eigenvalue weighted by atomic mass is 16.5. The Balaban J connectivity index is 1.41. The molecule has 0 radical (unpaired) electrons. The van der Waals surface area contributed by atoms with Crippen molar-refractivity contribution in [2.24, 2.45) is 0 Å². The molecule has 1 amide bonds. The zero-order valence-corrected chi connectivity index (χ0v) is 16.5. The molecule has 0 atom stereocenters. The minimum absolute atomic E-state index is 0.00282. The SMILES string of the molecule is O=C(Cc1cc2c(-c3noc(C4CC4)n3)ncn2c2ccccc12)NN1CCCC1. The van der Waals surface area contributed by atoms with Gasteiger partial charge in [-0.3, -0.25) is 14.6 Å². The number of benzene rings is 1. The summed E-state index contributed by atoms with van der Waals surface area (Å²) >= 11 is 0. The number of fused-ring (bicyclic) bond motifs is 3. The first-order valence-corrected chi connectivity index (χ1v) is 10.5. The number of para-hydroxylation sites is 1. The zero-order chi connectivity index (χ0) is 20.1. The smallest absolute Gasteiger partial charge is 0.238 e. The van der Waals surface area contributed by atoms with Crippen LogP contribution >= 0.6 is 0 Å². The molecule has 1 aromatic carbocycles. The van der Waals surface area contributed by atoms with Crippen molar-refractivity contribution in [2.75, 3.05) is 13.1 Å². The maximum Gasteiger partial charge on any atom is 0.238 e. The molecule has 0 unspecified atom stereocenters. The van der Waals surface area contributed by atoms with E-state index in [-0.39, 0.29) is 5.91 Å². The molecule has 8 nitrogen and oxygen atoms in total. The summed E-state index contributed by atoms with van der Waals surface area (Å²) in [4.78, 5) is 21.9. The summed E-state index contributed by atoms with van der Waals surface area (Å²) in [5.74, 6) is 1.59. The second kappa shape index (κ2) is 6.91. The van der Waals surface area contributed by atoms with E-state index in [1.807, 2.05) is 39.7 Å². The first-order valence-electron chi connectivity index (χ1n) is 10.5. The molecule has 1 saturated carbocycles. The van der Waals surface area contributed by atoms with Gasteiger partial charge in [0.05, 0.1) is 17.5 Å². The van der Waals surface area contributed by atoms with Gasteiger partial charge in [0.1, 0.15) is 12.0 Å². The number of nitrogens with zero attached hydrogens (tertiary/aromatic N) is 5. The molecular weight excluding hydrogens is 380 g/mol. The second-order valence-corrected chi connectivity index (χ2v) is 8.17. The average molecular weight is 402 g/mol. The van der Waals surface area contributed by atoms with Gasteiger partial charge in [-0.25, -0.2) is 9.99 Å². The third-order valence-electron chi connectivity index (χ3n) is 5.94. The molecule has 1 N–H and O–H groups in total. The van der Waals surface area contributed by atoms with E-state index >= 15 is 0 Å². The highest BCUT2D eigenvalue weighted by molar-refractivity contribution is 5.93. The van der Waals surface area contributed by atoms with Gasteiger partial charge in [-0.15, -0.1) is 0 Å². The predicted molar refractivity (Wildman–Crippen MR) is 111 cm³/mol. The maximum atomic E-state index is 12.7. The fourth-order valence-corrected chi connectivity index (χ4v) is 4.25. The summed E-state index contributed by atoms with van der Waals surface area (Å²) in [6, 6.07) is 10.1. The first kappa shape index (κ1) is 17.6. The topological polar surface area (TPSA) is 88.6 Å². The Hall–Kier alpha value is -3.26. The summed E-state index contributed by atoms with van der Waals surface area (Å²) in [7, 11) is 0. The molecule has 2 fully saturated rings.